The lowest BCUT2D eigenvalue weighted by Crippen LogP contribution is -2.14. The van der Waals surface area contributed by atoms with Gasteiger partial charge >= 0.3 is 11.9 Å². The van der Waals surface area contributed by atoms with E-state index in [-0.39, 0.29) is 12.0 Å². The Morgan fingerprint density at radius 1 is 1.16 bits per heavy atom. The summed E-state index contributed by atoms with van der Waals surface area (Å²) in [5.41, 5.74) is 0.549. The predicted molar refractivity (Wildman–Crippen MR) is 70.0 cm³/mol. The van der Waals surface area contributed by atoms with Crippen LogP contribution in [0.4, 0.5) is 0 Å². The van der Waals surface area contributed by atoms with E-state index in [1.165, 1.54) is 0 Å². The van der Waals surface area contributed by atoms with Gasteiger partial charge in [0, 0.05) is 5.56 Å². The summed E-state index contributed by atoms with van der Waals surface area (Å²) in [6.45, 7) is 6.94. The average Bonchev–Trinajstić information content (AvgIpc) is 2.32. The van der Waals surface area contributed by atoms with Crippen molar-refractivity contribution in [3.8, 4) is 5.75 Å². The van der Waals surface area contributed by atoms with Gasteiger partial charge < -0.3 is 15.3 Å². The number of hydrogen-bond acceptors (Lipinski definition) is 3. The van der Waals surface area contributed by atoms with E-state index in [1.807, 2.05) is 6.92 Å². The van der Waals surface area contributed by atoms with Crippen molar-refractivity contribution in [3.05, 3.63) is 40.5 Å². The van der Waals surface area contributed by atoms with Gasteiger partial charge in [-0.1, -0.05) is 13.0 Å². The molecular formula is C14H16O5. The molecule has 19 heavy (non-hydrogen) atoms. The minimum Gasteiger partial charge on any atom is -0.507 e. The summed E-state index contributed by atoms with van der Waals surface area (Å²) in [4.78, 5) is 22.4. The van der Waals surface area contributed by atoms with E-state index in [0.29, 0.717) is 23.1 Å². The fraction of sp³-hybridized carbons (Fsp3) is 0.286. The van der Waals surface area contributed by atoms with Crippen LogP contribution in [0.5, 0.6) is 5.75 Å². The Morgan fingerprint density at radius 3 is 2.05 bits per heavy atom. The van der Waals surface area contributed by atoms with Gasteiger partial charge in [-0.3, -0.25) is 0 Å². The number of aromatic carboxylic acids is 2. The SMILES string of the molecule is C=CCc1c(O)c(C(=O)O)c(C(=O)O)c(C)c1CC. The molecule has 1 rings (SSSR count). The van der Waals surface area contributed by atoms with Crippen molar-refractivity contribution < 1.29 is 24.9 Å². The largest absolute Gasteiger partial charge is 0.507 e. The molecule has 5 nitrogen and oxygen atoms in total. The summed E-state index contributed by atoms with van der Waals surface area (Å²) in [5.74, 6) is -3.29. The van der Waals surface area contributed by atoms with Crippen molar-refractivity contribution in [1.29, 1.82) is 0 Å². The summed E-state index contributed by atoms with van der Waals surface area (Å²) < 4.78 is 0. The first kappa shape index (κ1) is 14.8. The molecule has 0 atom stereocenters. The summed E-state index contributed by atoms with van der Waals surface area (Å²) in [6, 6.07) is 0. The van der Waals surface area contributed by atoms with Gasteiger partial charge in [0.2, 0.25) is 0 Å². The highest BCUT2D eigenvalue weighted by atomic mass is 16.4. The molecule has 0 aliphatic rings. The van der Waals surface area contributed by atoms with Gasteiger partial charge in [-0.2, -0.15) is 0 Å². The molecule has 0 bridgehead atoms. The van der Waals surface area contributed by atoms with Gasteiger partial charge in [-0.05, 0) is 30.9 Å². The maximum atomic E-state index is 11.2. The Morgan fingerprint density at radius 2 is 1.68 bits per heavy atom. The normalized spacial score (nSPS) is 10.2. The van der Waals surface area contributed by atoms with Gasteiger partial charge in [0.15, 0.2) is 0 Å². The first-order valence-corrected chi connectivity index (χ1v) is 5.81. The fourth-order valence-corrected chi connectivity index (χ4v) is 2.30. The van der Waals surface area contributed by atoms with Crippen LogP contribution in [0.3, 0.4) is 0 Å². The summed E-state index contributed by atoms with van der Waals surface area (Å²) in [6.07, 6.45) is 2.33. The third kappa shape index (κ3) is 2.45. The van der Waals surface area contributed by atoms with E-state index in [9.17, 15) is 14.7 Å². The highest BCUT2D eigenvalue weighted by Gasteiger charge is 2.27. The van der Waals surface area contributed by atoms with E-state index in [2.05, 4.69) is 6.58 Å². The second-order valence-electron chi connectivity index (χ2n) is 4.14. The number of hydrogen-bond donors (Lipinski definition) is 3. The number of phenols is 1. The van der Waals surface area contributed by atoms with Crippen molar-refractivity contribution in [2.24, 2.45) is 0 Å². The van der Waals surface area contributed by atoms with Gasteiger partial charge in [0.25, 0.3) is 0 Å². The Hall–Kier alpha value is -2.30. The lowest BCUT2D eigenvalue weighted by atomic mass is 9.88. The zero-order chi connectivity index (χ0) is 14.7. The third-order valence-corrected chi connectivity index (χ3v) is 3.09. The summed E-state index contributed by atoms with van der Waals surface area (Å²) in [7, 11) is 0. The molecule has 3 N–H and O–H groups in total. The van der Waals surface area contributed by atoms with Crippen LogP contribution in [0.1, 0.15) is 44.3 Å². The van der Waals surface area contributed by atoms with E-state index >= 15 is 0 Å². The quantitative estimate of drug-likeness (QED) is 0.710. The van der Waals surface area contributed by atoms with E-state index in [1.54, 1.807) is 13.0 Å². The van der Waals surface area contributed by atoms with Crippen molar-refractivity contribution in [2.75, 3.05) is 0 Å². The molecular weight excluding hydrogens is 248 g/mol. The van der Waals surface area contributed by atoms with E-state index < -0.39 is 23.3 Å². The number of carboxylic acids is 2. The zero-order valence-electron chi connectivity index (χ0n) is 10.9. The summed E-state index contributed by atoms with van der Waals surface area (Å²) >= 11 is 0. The molecule has 0 spiro atoms. The van der Waals surface area contributed by atoms with Gasteiger partial charge in [-0.25, -0.2) is 9.59 Å². The number of aromatic hydroxyl groups is 1. The molecule has 0 heterocycles. The molecule has 0 aliphatic carbocycles. The molecule has 1 aromatic carbocycles. The van der Waals surface area contributed by atoms with Crippen LogP contribution < -0.4 is 0 Å². The molecule has 0 radical (unpaired) electrons. The molecule has 0 fully saturated rings. The number of carbonyl (C=O) groups is 2. The molecule has 0 aromatic heterocycles. The molecule has 1 aromatic rings. The molecule has 0 aliphatic heterocycles. The van der Waals surface area contributed by atoms with Crippen molar-refractivity contribution in [1.82, 2.24) is 0 Å². The Balaban J connectivity index is 3.86. The van der Waals surface area contributed by atoms with Crippen LogP contribution in [-0.2, 0) is 12.8 Å². The average molecular weight is 264 g/mol. The maximum absolute atomic E-state index is 11.2. The highest BCUT2D eigenvalue weighted by Crippen LogP contribution is 2.34. The van der Waals surface area contributed by atoms with Gasteiger partial charge in [-0.15, -0.1) is 6.58 Å². The Kier molecular flexibility index (Phi) is 4.32. The molecule has 5 heteroatoms. The second kappa shape index (κ2) is 5.56. The van der Waals surface area contributed by atoms with Crippen LogP contribution in [0.15, 0.2) is 12.7 Å². The van der Waals surface area contributed by atoms with Crippen molar-refractivity contribution in [3.63, 3.8) is 0 Å². The van der Waals surface area contributed by atoms with Crippen molar-refractivity contribution >= 4 is 11.9 Å². The van der Waals surface area contributed by atoms with Crippen molar-refractivity contribution in [2.45, 2.75) is 26.7 Å². The molecule has 0 amide bonds. The lowest BCUT2D eigenvalue weighted by Gasteiger charge is -2.17. The summed E-state index contributed by atoms with van der Waals surface area (Å²) in [5, 5.41) is 28.4. The smallest absolute Gasteiger partial charge is 0.340 e. The number of benzene rings is 1. The first-order chi connectivity index (χ1) is 8.86. The number of allylic oxidation sites excluding steroid dienone is 1. The van der Waals surface area contributed by atoms with Crippen LogP contribution >= 0.6 is 0 Å². The standard InChI is InChI=1S/C14H16O5/c1-4-6-9-8(5-2)7(3)10(13(16)17)11(12(9)15)14(18)19/h4,15H,1,5-6H2,2-3H3,(H,16,17)(H,18,19). The maximum Gasteiger partial charge on any atom is 0.340 e. The van der Waals surface area contributed by atoms with Gasteiger partial charge in [0.05, 0.1) is 5.56 Å². The highest BCUT2D eigenvalue weighted by molar-refractivity contribution is 6.05. The van der Waals surface area contributed by atoms with Crippen LogP contribution in [0.25, 0.3) is 0 Å². The molecule has 0 saturated heterocycles. The Labute approximate surface area is 110 Å². The molecule has 102 valence electrons. The van der Waals surface area contributed by atoms with Crippen LogP contribution in [-0.4, -0.2) is 27.3 Å². The van der Waals surface area contributed by atoms with Crippen LogP contribution in [0.2, 0.25) is 0 Å². The van der Waals surface area contributed by atoms with Gasteiger partial charge in [0.1, 0.15) is 11.3 Å². The Bertz CT molecular complexity index is 558. The third-order valence-electron chi connectivity index (χ3n) is 3.09. The van der Waals surface area contributed by atoms with Crippen LogP contribution in [0, 0.1) is 6.92 Å². The number of carboxylic acid groups (broad SMARTS) is 2. The topological polar surface area (TPSA) is 94.8 Å². The predicted octanol–water partition coefficient (Wildman–Crippen LogP) is 2.39. The van der Waals surface area contributed by atoms with E-state index in [0.717, 1.165) is 0 Å². The number of rotatable bonds is 5. The first-order valence-electron chi connectivity index (χ1n) is 5.81. The van der Waals surface area contributed by atoms with E-state index in [4.69, 9.17) is 10.2 Å². The zero-order valence-corrected chi connectivity index (χ0v) is 10.9. The second-order valence-corrected chi connectivity index (χ2v) is 4.14. The lowest BCUT2D eigenvalue weighted by molar-refractivity contribution is 0.0647. The minimum absolute atomic E-state index is 0.288. The molecule has 0 saturated carbocycles. The monoisotopic (exact) mass is 264 g/mol. The minimum atomic E-state index is -1.45. The molecule has 0 unspecified atom stereocenters. The fourth-order valence-electron chi connectivity index (χ4n) is 2.30.